The number of methoxy groups -OCH3 is 1. The Kier molecular flexibility index (Phi) is 7.92. The van der Waals surface area contributed by atoms with Gasteiger partial charge in [0.25, 0.3) is 5.91 Å². The molecule has 0 aromatic heterocycles. The third kappa shape index (κ3) is 6.68. The van der Waals surface area contributed by atoms with Crippen molar-refractivity contribution >= 4 is 5.91 Å². The lowest BCUT2D eigenvalue weighted by molar-refractivity contribution is 0.0925. The Morgan fingerprint density at radius 3 is 2.55 bits per heavy atom. The molecule has 0 heterocycles. The highest BCUT2D eigenvalue weighted by Crippen LogP contribution is 2.05. The first kappa shape index (κ1) is 16.7. The van der Waals surface area contributed by atoms with Crippen molar-refractivity contribution in [1.29, 1.82) is 0 Å². The van der Waals surface area contributed by atoms with E-state index in [2.05, 4.69) is 19.2 Å². The van der Waals surface area contributed by atoms with E-state index in [1.54, 1.807) is 7.11 Å². The zero-order chi connectivity index (χ0) is 14.8. The summed E-state index contributed by atoms with van der Waals surface area (Å²) >= 11 is 0. The lowest BCUT2D eigenvalue weighted by Gasteiger charge is -2.08. The van der Waals surface area contributed by atoms with Crippen molar-refractivity contribution in [2.45, 2.75) is 26.9 Å². The zero-order valence-electron chi connectivity index (χ0n) is 12.6. The van der Waals surface area contributed by atoms with Crippen molar-refractivity contribution < 1.29 is 14.3 Å². The normalized spacial score (nSPS) is 10.8. The molecule has 1 amide bonds. The summed E-state index contributed by atoms with van der Waals surface area (Å²) in [4.78, 5) is 11.9. The van der Waals surface area contributed by atoms with Crippen LogP contribution in [-0.2, 0) is 16.1 Å². The maximum Gasteiger partial charge on any atom is 0.251 e. The van der Waals surface area contributed by atoms with Crippen molar-refractivity contribution in [3.05, 3.63) is 35.4 Å². The molecule has 1 rings (SSSR count). The molecule has 0 saturated heterocycles. The summed E-state index contributed by atoms with van der Waals surface area (Å²) in [6.45, 7) is 6.90. The average Bonchev–Trinajstić information content (AvgIpc) is 2.43. The second kappa shape index (κ2) is 9.50. The fourth-order valence-electron chi connectivity index (χ4n) is 1.72. The fraction of sp³-hybridized carbons (Fsp3) is 0.562. The summed E-state index contributed by atoms with van der Waals surface area (Å²) in [6, 6.07) is 7.45. The smallest absolute Gasteiger partial charge is 0.251 e. The Balaban J connectivity index is 2.22. The van der Waals surface area contributed by atoms with Gasteiger partial charge in [-0.25, -0.2) is 0 Å². The van der Waals surface area contributed by atoms with Gasteiger partial charge in [-0.3, -0.25) is 4.79 Å². The largest absolute Gasteiger partial charge is 0.381 e. The number of nitrogens with one attached hydrogen (secondary N) is 1. The molecule has 1 aromatic carbocycles. The summed E-state index contributed by atoms with van der Waals surface area (Å²) in [6.07, 6.45) is 0.834. The summed E-state index contributed by atoms with van der Waals surface area (Å²) in [5.41, 5.74) is 1.74. The molecule has 4 nitrogen and oxygen atoms in total. The Hall–Kier alpha value is -1.39. The molecule has 1 N–H and O–H groups in total. The van der Waals surface area contributed by atoms with Crippen LogP contribution in [0.5, 0.6) is 0 Å². The Morgan fingerprint density at radius 1 is 1.25 bits per heavy atom. The summed E-state index contributed by atoms with van der Waals surface area (Å²) in [7, 11) is 1.65. The van der Waals surface area contributed by atoms with E-state index < -0.39 is 0 Å². The highest BCUT2D eigenvalue weighted by molar-refractivity contribution is 5.94. The topological polar surface area (TPSA) is 47.6 Å². The van der Waals surface area contributed by atoms with Crippen molar-refractivity contribution in [2.75, 3.05) is 26.9 Å². The van der Waals surface area contributed by atoms with Crippen LogP contribution < -0.4 is 5.32 Å². The van der Waals surface area contributed by atoms with E-state index in [0.29, 0.717) is 31.2 Å². The Bertz CT molecular complexity index is 387. The summed E-state index contributed by atoms with van der Waals surface area (Å²) < 4.78 is 10.5. The van der Waals surface area contributed by atoms with E-state index >= 15 is 0 Å². The number of amides is 1. The third-order valence-corrected chi connectivity index (χ3v) is 2.73. The molecule has 20 heavy (non-hydrogen) atoms. The second-order valence-electron chi connectivity index (χ2n) is 5.21. The molecule has 0 spiro atoms. The van der Waals surface area contributed by atoms with Crippen molar-refractivity contribution in [3.63, 3.8) is 0 Å². The highest BCUT2D eigenvalue weighted by Gasteiger charge is 2.04. The lowest BCUT2D eigenvalue weighted by atomic mass is 10.1. The van der Waals surface area contributed by atoms with Crippen molar-refractivity contribution in [3.8, 4) is 0 Å². The van der Waals surface area contributed by atoms with Gasteiger partial charge in [0.05, 0.1) is 6.61 Å². The SMILES string of the molecule is COCc1ccc(C(=O)NCCCOCC(C)C)cc1. The maximum absolute atomic E-state index is 11.9. The van der Waals surface area contributed by atoms with Gasteiger partial charge in [0, 0.05) is 32.4 Å². The average molecular weight is 279 g/mol. The van der Waals surface area contributed by atoms with Crippen LogP contribution in [0.1, 0.15) is 36.2 Å². The number of carbonyl (C=O) groups excluding carboxylic acids is 1. The minimum Gasteiger partial charge on any atom is -0.381 e. The van der Waals surface area contributed by atoms with E-state index in [1.807, 2.05) is 24.3 Å². The first-order valence-corrected chi connectivity index (χ1v) is 7.07. The number of hydrogen-bond acceptors (Lipinski definition) is 3. The molecular weight excluding hydrogens is 254 g/mol. The molecule has 1 aromatic rings. The van der Waals surface area contributed by atoms with Crippen LogP contribution in [0.2, 0.25) is 0 Å². The van der Waals surface area contributed by atoms with Gasteiger partial charge in [0.1, 0.15) is 0 Å². The van der Waals surface area contributed by atoms with Crippen LogP contribution in [0, 0.1) is 5.92 Å². The molecular formula is C16H25NO3. The van der Waals surface area contributed by atoms with Gasteiger partial charge in [0.2, 0.25) is 0 Å². The predicted molar refractivity (Wildman–Crippen MR) is 79.8 cm³/mol. The standard InChI is InChI=1S/C16H25NO3/c1-13(2)11-20-10-4-9-17-16(18)15-7-5-14(6-8-15)12-19-3/h5-8,13H,4,9-12H2,1-3H3,(H,17,18). The van der Waals surface area contributed by atoms with Crippen molar-refractivity contribution in [2.24, 2.45) is 5.92 Å². The quantitative estimate of drug-likeness (QED) is 0.707. The number of ether oxygens (including phenoxy) is 2. The minimum absolute atomic E-state index is 0.0437. The summed E-state index contributed by atoms with van der Waals surface area (Å²) in [5, 5.41) is 2.89. The zero-order valence-corrected chi connectivity index (χ0v) is 12.6. The number of benzene rings is 1. The molecule has 0 aliphatic rings. The van der Waals surface area contributed by atoms with E-state index in [-0.39, 0.29) is 5.91 Å². The van der Waals surface area contributed by atoms with Gasteiger partial charge in [-0.1, -0.05) is 26.0 Å². The van der Waals surface area contributed by atoms with E-state index in [1.165, 1.54) is 0 Å². The van der Waals surface area contributed by atoms with Crippen LogP contribution in [0.25, 0.3) is 0 Å². The van der Waals surface area contributed by atoms with E-state index in [0.717, 1.165) is 18.6 Å². The van der Waals surface area contributed by atoms with Gasteiger partial charge in [-0.15, -0.1) is 0 Å². The van der Waals surface area contributed by atoms with E-state index in [4.69, 9.17) is 9.47 Å². The predicted octanol–water partition coefficient (Wildman–Crippen LogP) is 2.63. The van der Waals surface area contributed by atoms with Gasteiger partial charge in [-0.2, -0.15) is 0 Å². The molecule has 0 radical (unpaired) electrons. The van der Waals surface area contributed by atoms with Crippen LogP contribution in [0.4, 0.5) is 0 Å². The van der Waals surface area contributed by atoms with Crippen LogP contribution in [-0.4, -0.2) is 32.8 Å². The first-order valence-electron chi connectivity index (χ1n) is 7.07. The summed E-state index contributed by atoms with van der Waals surface area (Å²) in [5.74, 6) is 0.507. The molecule has 0 fully saturated rings. The van der Waals surface area contributed by atoms with Crippen molar-refractivity contribution in [1.82, 2.24) is 5.32 Å². The van der Waals surface area contributed by atoms with Gasteiger partial charge >= 0.3 is 0 Å². The highest BCUT2D eigenvalue weighted by atomic mass is 16.5. The van der Waals surface area contributed by atoms with Gasteiger partial charge in [0.15, 0.2) is 0 Å². The number of carbonyl (C=O) groups is 1. The molecule has 0 bridgehead atoms. The second-order valence-corrected chi connectivity index (χ2v) is 5.21. The van der Waals surface area contributed by atoms with Crippen LogP contribution in [0.3, 0.4) is 0 Å². The first-order chi connectivity index (χ1) is 9.63. The maximum atomic E-state index is 11.9. The molecule has 0 aliphatic heterocycles. The number of hydrogen-bond donors (Lipinski definition) is 1. The molecule has 0 unspecified atom stereocenters. The number of rotatable bonds is 9. The molecule has 0 saturated carbocycles. The monoisotopic (exact) mass is 279 g/mol. The van der Waals surface area contributed by atoms with Gasteiger partial charge < -0.3 is 14.8 Å². The third-order valence-electron chi connectivity index (χ3n) is 2.73. The molecule has 4 heteroatoms. The fourth-order valence-corrected chi connectivity index (χ4v) is 1.72. The molecule has 0 atom stereocenters. The molecule has 0 aliphatic carbocycles. The molecule has 112 valence electrons. The minimum atomic E-state index is -0.0437. The Labute approximate surface area is 121 Å². The lowest BCUT2D eigenvalue weighted by Crippen LogP contribution is -2.25. The van der Waals surface area contributed by atoms with Gasteiger partial charge in [-0.05, 0) is 30.0 Å². The van der Waals surface area contributed by atoms with Crippen LogP contribution >= 0.6 is 0 Å². The van der Waals surface area contributed by atoms with E-state index in [9.17, 15) is 4.79 Å². The van der Waals surface area contributed by atoms with Crippen LogP contribution in [0.15, 0.2) is 24.3 Å². The Morgan fingerprint density at radius 2 is 1.95 bits per heavy atom.